The van der Waals surface area contributed by atoms with Gasteiger partial charge in [-0.1, -0.05) is 13.8 Å². The molecular formula is C17H32N4. The van der Waals surface area contributed by atoms with Crippen LogP contribution < -0.4 is 10.2 Å². The number of nitrogens with one attached hydrogen (secondary N) is 1. The van der Waals surface area contributed by atoms with Gasteiger partial charge in [0.05, 0.1) is 0 Å². The Bertz CT molecular complexity index is 404. The minimum Gasteiger partial charge on any atom is -0.341 e. The van der Waals surface area contributed by atoms with Gasteiger partial charge in [-0.25, -0.2) is 9.97 Å². The number of nitrogens with zero attached hydrogens (tertiary/aromatic N) is 3. The van der Waals surface area contributed by atoms with Gasteiger partial charge in [0.2, 0.25) is 5.95 Å². The van der Waals surface area contributed by atoms with Crippen molar-refractivity contribution in [2.75, 3.05) is 31.1 Å². The fraction of sp³-hybridized carbons (Fsp3) is 0.765. The minimum atomic E-state index is 0.608. The lowest BCUT2D eigenvalue weighted by molar-refractivity contribution is 0.507. The summed E-state index contributed by atoms with van der Waals surface area (Å²) in [5, 5.41) is 3.49. The summed E-state index contributed by atoms with van der Waals surface area (Å²) >= 11 is 0. The van der Waals surface area contributed by atoms with E-state index >= 15 is 0 Å². The van der Waals surface area contributed by atoms with Crippen molar-refractivity contribution in [3.05, 3.63) is 17.0 Å². The van der Waals surface area contributed by atoms with Crippen molar-refractivity contribution in [2.24, 2.45) is 5.92 Å². The molecule has 4 nitrogen and oxygen atoms in total. The molecule has 1 unspecified atom stereocenters. The molecule has 21 heavy (non-hydrogen) atoms. The summed E-state index contributed by atoms with van der Waals surface area (Å²) in [5.74, 6) is 1.48. The molecule has 0 spiro atoms. The molecule has 1 aromatic heterocycles. The first-order valence-electron chi connectivity index (χ1n) is 8.33. The molecule has 0 fully saturated rings. The Hall–Kier alpha value is -1.16. The zero-order chi connectivity index (χ0) is 15.8. The molecule has 1 heterocycles. The molecule has 0 aliphatic rings. The van der Waals surface area contributed by atoms with E-state index in [2.05, 4.69) is 51.8 Å². The van der Waals surface area contributed by atoms with Crippen LogP contribution in [0, 0.1) is 19.8 Å². The number of anilines is 1. The first-order chi connectivity index (χ1) is 10.0. The van der Waals surface area contributed by atoms with Gasteiger partial charge in [0.1, 0.15) is 0 Å². The van der Waals surface area contributed by atoms with Gasteiger partial charge in [0.25, 0.3) is 0 Å². The van der Waals surface area contributed by atoms with E-state index in [4.69, 9.17) is 9.97 Å². The number of hydrogen-bond donors (Lipinski definition) is 1. The van der Waals surface area contributed by atoms with E-state index in [-0.39, 0.29) is 0 Å². The Kier molecular flexibility index (Phi) is 7.65. The summed E-state index contributed by atoms with van der Waals surface area (Å²) in [6.07, 6.45) is 2.24. The monoisotopic (exact) mass is 292 g/mol. The summed E-state index contributed by atoms with van der Waals surface area (Å²) in [6, 6.07) is 0. The molecule has 4 heteroatoms. The first kappa shape index (κ1) is 17.9. The molecule has 0 aliphatic carbocycles. The Morgan fingerprint density at radius 3 is 2.10 bits per heavy atom. The SMILES string of the molecule is CCCNCC(C)Cc1c(C)nc(N(CC)CC)nc1C. The zero-order valence-corrected chi connectivity index (χ0v) is 14.7. The number of rotatable bonds is 9. The molecule has 0 amide bonds. The third-order valence-electron chi connectivity index (χ3n) is 3.93. The average molecular weight is 292 g/mol. The molecule has 1 rings (SSSR count). The van der Waals surface area contributed by atoms with Crippen molar-refractivity contribution in [2.45, 2.75) is 54.4 Å². The third-order valence-corrected chi connectivity index (χ3v) is 3.93. The second-order valence-corrected chi connectivity index (χ2v) is 5.86. The predicted molar refractivity (Wildman–Crippen MR) is 91.1 cm³/mol. The highest BCUT2D eigenvalue weighted by atomic mass is 15.2. The maximum Gasteiger partial charge on any atom is 0.225 e. The quantitative estimate of drug-likeness (QED) is 0.710. The summed E-state index contributed by atoms with van der Waals surface area (Å²) < 4.78 is 0. The van der Waals surface area contributed by atoms with Crippen molar-refractivity contribution < 1.29 is 0 Å². The van der Waals surface area contributed by atoms with E-state index in [9.17, 15) is 0 Å². The van der Waals surface area contributed by atoms with E-state index in [0.29, 0.717) is 5.92 Å². The molecule has 0 saturated heterocycles. The lowest BCUT2D eigenvalue weighted by Crippen LogP contribution is -2.26. The highest BCUT2D eigenvalue weighted by Gasteiger charge is 2.14. The summed E-state index contributed by atoms with van der Waals surface area (Å²) in [6.45, 7) is 17.1. The molecule has 120 valence electrons. The van der Waals surface area contributed by atoms with Crippen LogP contribution in [0.4, 0.5) is 5.95 Å². The van der Waals surface area contributed by atoms with E-state index in [1.165, 1.54) is 12.0 Å². The van der Waals surface area contributed by atoms with Crippen LogP contribution in [-0.2, 0) is 6.42 Å². The maximum absolute atomic E-state index is 4.72. The topological polar surface area (TPSA) is 41.1 Å². The van der Waals surface area contributed by atoms with Gasteiger partial charge in [-0.15, -0.1) is 0 Å². The van der Waals surface area contributed by atoms with Crippen LogP contribution in [0.3, 0.4) is 0 Å². The van der Waals surface area contributed by atoms with E-state index in [0.717, 1.165) is 49.9 Å². The molecule has 1 atom stereocenters. The maximum atomic E-state index is 4.72. The Balaban J connectivity index is 2.80. The van der Waals surface area contributed by atoms with Crippen molar-refractivity contribution in [3.8, 4) is 0 Å². The second-order valence-electron chi connectivity index (χ2n) is 5.86. The van der Waals surface area contributed by atoms with Crippen LogP contribution in [0.25, 0.3) is 0 Å². The largest absolute Gasteiger partial charge is 0.341 e. The van der Waals surface area contributed by atoms with Crippen LogP contribution in [0.15, 0.2) is 0 Å². The van der Waals surface area contributed by atoms with Gasteiger partial charge in [-0.3, -0.25) is 0 Å². The fourth-order valence-corrected chi connectivity index (χ4v) is 2.61. The minimum absolute atomic E-state index is 0.608. The van der Waals surface area contributed by atoms with Gasteiger partial charge in [-0.2, -0.15) is 0 Å². The first-order valence-corrected chi connectivity index (χ1v) is 8.33. The molecule has 1 N–H and O–H groups in total. The van der Waals surface area contributed by atoms with Gasteiger partial charge < -0.3 is 10.2 Å². The fourth-order valence-electron chi connectivity index (χ4n) is 2.61. The van der Waals surface area contributed by atoms with Crippen molar-refractivity contribution in [3.63, 3.8) is 0 Å². The lowest BCUT2D eigenvalue weighted by Gasteiger charge is -2.21. The summed E-state index contributed by atoms with van der Waals surface area (Å²) in [7, 11) is 0. The molecule has 1 aromatic rings. The third kappa shape index (κ3) is 5.27. The smallest absolute Gasteiger partial charge is 0.225 e. The van der Waals surface area contributed by atoms with Crippen LogP contribution >= 0.6 is 0 Å². The Labute approximate surface area is 130 Å². The molecule has 0 aliphatic heterocycles. The van der Waals surface area contributed by atoms with Crippen LogP contribution in [0.5, 0.6) is 0 Å². The van der Waals surface area contributed by atoms with E-state index in [1.54, 1.807) is 0 Å². The zero-order valence-electron chi connectivity index (χ0n) is 14.7. The number of hydrogen-bond acceptors (Lipinski definition) is 4. The van der Waals surface area contributed by atoms with Gasteiger partial charge in [-0.05, 0) is 65.1 Å². The van der Waals surface area contributed by atoms with Crippen LogP contribution in [0.2, 0.25) is 0 Å². The summed E-state index contributed by atoms with van der Waals surface area (Å²) in [5.41, 5.74) is 3.58. The van der Waals surface area contributed by atoms with Crippen LogP contribution in [-0.4, -0.2) is 36.1 Å². The van der Waals surface area contributed by atoms with Gasteiger partial charge in [0.15, 0.2) is 0 Å². The van der Waals surface area contributed by atoms with Crippen molar-refractivity contribution >= 4 is 5.95 Å². The number of aryl methyl sites for hydroxylation is 2. The molecular weight excluding hydrogens is 260 g/mol. The molecule has 0 bridgehead atoms. The average Bonchev–Trinajstić information content (AvgIpc) is 2.44. The lowest BCUT2D eigenvalue weighted by atomic mass is 9.99. The predicted octanol–water partition coefficient (Wildman–Crippen LogP) is 3.12. The second kappa shape index (κ2) is 8.98. The molecule has 0 saturated carbocycles. The van der Waals surface area contributed by atoms with E-state index in [1.807, 2.05) is 0 Å². The normalized spacial score (nSPS) is 12.5. The standard InChI is InChI=1S/C17H32N4/c1-7-10-18-12-13(4)11-16-14(5)19-17(20-15(16)6)21(8-2)9-3/h13,18H,7-12H2,1-6H3. The highest BCUT2D eigenvalue weighted by Crippen LogP contribution is 2.18. The van der Waals surface area contributed by atoms with Crippen LogP contribution in [0.1, 0.15) is 51.1 Å². The molecule has 0 radical (unpaired) electrons. The summed E-state index contributed by atoms with van der Waals surface area (Å²) in [4.78, 5) is 11.6. The molecule has 0 aromatic carbocycles. The highest BCUT2D eigenvalue weighted by molar-refractivity contribution is 5.36. The van der Waals surface area contributed by atoms with Gasteiger partial charge in [0, 0.05) is 24.5 Å². The van der Waals surface area contributed by atoms with E-state index < -0.39 is 0 Å². The Morgan fingerprint density at radius 2 is 1.62 bits per heavy atom. The Morgan fingerprint density at radius 1 is 1.05 bits per heavy atom. The van der Waals surface area contributed by atoms with Crippen molar-refractivity contribution in [1.82, 2.24) is 15.3 Å². The van der Waals surface area contributed by atoms with Crippen molar-refractivity contribution in [1.29, 1.82) is 0 Å². The number of aromatic nitrogens is 2. The van der Waals surface area contributed by atoms with Gasteiger partial charge >= 0.3 is 0 Å².